The number of carbonyl (C=O) groups is 3. The van der Waals surface area contributed by atoms with Gasteiger partial charge in [-0.2, -0.15) is 5.01 Å². The molecule has 0 aliphatic carbocycles. The summed E-state index contributed by atoms with van der Waals surface area (Å²) < 4.78 is 5.09. The third-order valence-electron chi connectivity index (χ3n) is 4.17. The first kappa shape index (κ1) is 15.8. The van der Waals surface area contributed by atoms with Crippen LogP contribution in [0.2, 0.25) is 0 Å². The molecule has 0 bridgehead atoms. The van der Waals surface area contributed by atoms with Crippen LogP contribution in [0.15, 0.2) is 47.1 Å². The predicted octanol–water partition coefficient (Wildman–Crippen LogP) is 2.09. The SMILES string of the molecule is CCC1(c2ccccc2)NC(=O)N(NC(=O)c2occc2C)C1=O. The van der Waals surface area contributed by atoms with Crippen molar-refractivity contribution in [3.63, 3.8) is 0 Å². The zero-order valence-electron chi connectivity index (χ0n) is 13.3. The molecule has 1 unspecified atom stereocenters. The Kier molecular flexibility index (Phi) is 3.84. The molecule has 24 heavy (non-hydrogen) atoms. The monoisotopic (exact) mass is 327 g/mol. The van der Waals surface area contributed by atoms with Crippen LogP contribution in [0, 0.1) is 6.92 Å². The van der Waals surface area contributed by atoms with E-state index in [1.54, 1.807) is 44.2 Å². The fourth-order valence-corrected chi connectivity index (χ4v) is 2.80. The Bertz CT molecular complexity index is 799. The van der Waals surface area contributed by atoms with Crippen LogP contribution >= 0.6 is 0 Å². The second kappa shape index (κ2) is 5.84. The fraction of sp³-hybridized carbons (Fsp3) is 0.235. The summed E-state index contributed by atoms with van der Waals surface area (Å²) in [4.78, 5) is 37.4. The van der Waals surface area contributed by atoms with Gasteiger partial charge in [0.05, 0.1) is 6.26 Å². The minimum atomic E-state index is -1.19. The third-order valence-corrected chi connectivity index (χ3v) is 4.17. The van der Waals surface area contributed by atoms with Gasteiger partial charge in [-0.15, -0.1) is 0 Å². The van der Waals surface area contributed by atoms with Crippen LogP contribution in [0.25, 0.3) is 0 Å². The number of hydrogen-bond donors (Lipinski definition) is 2. The maximum absolute atomic E-state index is 12.9. The van der Waals surface area contributed by atoms with E-state index in [2.05, 4.69) is 10.7 Å². The normalized spacial score (nSPS) is 20.2. The maximum atomic E-state index is 12.9. The van der Waals surface area contributed by atoms with Crippen molar-refractivity contribution >= 4 is 17.8 Å². The van der Waals surface area contributed by atoms with Crippen LogP contribution in [-0.2, 0) is 10.3 Å². The molecule has 1 aliphatic heterocycles. The molecule has 0 saturated carbocycles. The molecule has 0 spiro atoms. The highest BCUT2D eigenvalue weighted by atomic mass is 16.3. The molecule has 7 nitrogen and oxygen atoms in total. The third kappa shape index (κ3) is 2.34. The number of amides is 4. The lowest BCUT2D eigenvalue weighted by atomic mass is 9.87. The van der Waals surface area contributed by atoms with Gasteiger partial charge in [-0.05, 0) is 25.0 Å². The number of imide groups is 1. The van der Waals surface area contributed by atoms with E-state index in [1.807, 2.05) is 6.07 Å². The van der Waals surface area contributed by atoms with Crippen molar-refractivity contribution < 1.29 is 18.8 Å². The summed E-state index contributed by atoms with van der Waals surface area (Å²) in [6.45, 7) is 3.50. The molecule has 1 atom stereocenters. The van der Waals surface area contributed by atoms with Gasteiger partial charge in [-0.3, -0.25) is 9.59 Å². The number of hydrazine groups is 1. The van der Waals surface area contributed by atoms with Crippen molar-refractivity contribution in [1.82, 2.24) is 15.8 Å². The van der Waals surface area contributed by atoms with Gasteiger partial charge in [0.25, 0.3) is 5.91 Å². The van der Waals surface area contributed by atoms with E-state index in [0.717, 1.165) is 0 Å². The van der Waals surface area contributed by atoms with Crippen molar-refractivity contribution in [2.45, 2.75) is 25.8 Å². The van der Waals surface area contributed by atoms with E-state index in [4.69, 9.17) is 4.42 Å². The summed E-state index contributed by atoms with van der Waals surface area (Å²) in [5.41, 5.74) is 2.41. The minimum absolute atomic E-state index is 0.0595. The van der Waals surface area contributed by atoms with Crippen LogP contribution in [-0.4, -0.2) is 22.9 Å². The second-order valence-electron chi connectivity index (χ2n) is 5.57. The van der Waals surface area contributed by atoms with E-state index in [0.29, 0.717) is 22.6 Å². The fourth-order valence-electron chi connectivity index (χ4n) is 2.80. The first-order valence-electron chi connectivity index (χ1n) is 7.57. The van der Waals surface area contributed by atoms with Gasteiger partial charge in [0, 0.05) is 5.56 Å². The van der Waals surface area contributed by atoms with E-state index >= 15 is 0 Å². The van der Waals surface area contributed by atoms with Crippen LogP contribution < -0.4 is 10.7 Å². The summed E-state index contributed by atoms with van der Waals surface area (Å²) in [5.74, 6) is -1.12. The molecule has 3 rings (SSSR count). The zero-order valence-corrected chi connectivity index (χ0v) is 13.3. The molecule has 124 valence electrons. The lowest BCUT2D eigenvalue weighted by Crippen LogP contribution is -2.48. The lowest BCUT2D eigenvalue weighted by Gasteiger charge is -2.25. The van der Waals surface area contributed by atoms with Gasteiger partial charge in [0.1, 0.15) is 5.54 Å². The van der Waals surface area contributed by atoms with E-state index in [9.17, 15) is 14.4 Å². The molecule has 1 aromatic carbocycles. The molecular weight excluding hydrogens is 310 g/mol. The summed E-state index contributed by atoms with van der Waals surface area (Å²) in [7, 11) is 0. The highest BCUT2D eigenvalue weighted by Gasteiger charge is 2.52. The van der Waals surface area contributed by atoms with Gasteiger partial charge in [0.15, 0.2) is 5.76 Å². The number of aryl methyl sites for hydroxylation is 1. The molecule has 2 aromatic rings. The van der Waals surface area contributed by atoms with Crippen molar-refractivity contribution in [3.8, 4) is 0 Å². The maximum Gasteiger partial charge on any atom is 0.344 e. The Balaban J connectivity index is 1.89. The molecule has 2 heterocycles. The summed E-state index contributed by atoms with van der Waals surface area (Å²) >= 11 is 0. The standard InChI is InChI=1S/C17H17N3O4/c1-3-17(12-7-5-4-6-8-12)15(22)20(16(23)18-17)19-14(21)13-11(2)9-10-24-13/h4-10H,3H2,1-2H3,(H,18,23)(H,19,21). The molecule has 4 amide bonds. The summed E-state index contributed by atoms with van der Waals surface area (Å²) in [6.07, 6.45) is 1.73. The van der Waals surface area contributed by atoms with Crippen LogP contribution in [0.3, 0.4) is 0 Å². The molecule has 1 saturated heterocycles. The first-order valence-corrected chi connectivity index (χ1v) is 7.57. The predicted molar refractivity (Wildman–Crippen MR) is 84.7 cm³/mol. The summed E-state index contributed by atoms with van der Waals surface area (Å²) in [6, 6.07) is 9.89. The van der Waals surface area contributed by atoms with E-state index in [-0.39, 0.29) is 5.76 Å². The number of nitrogens with one attached hydrogen (secondary N) is 2. The van der Waals surface area contributed by atoms with Crippen molar-refractivity contribution in [1.29, 1.82) is 0 Å². The first-order chi connectivity index (χ1) is 11.5. The Morgan fingerprint density at radius 2 is 1.96 bits per heavy atom. The van der Waals surface area contributed by atoms with Crippen LogP contribution in [0.4, 0.5) is 4.79 Å². The topological polar surface area (TPSA) is 91.7 Å². The van der Waals surface area contributed by atoms with Gasteiger partial charge in [0.2, 0.25) is 0 Å². The second-order valence-corrected chi connectivity index (χ2v) is 5.57. The van der Waals surface area contributed by atoms with Crippen molar-refractivity contribution in [3.05, 3.63) is 59.5 Å². The molecule has 1 fully saturated rings. The Morgan fingerprint density at radius 1 is 1.25 bits per heavy atom. The van der Waals surface area contributed by atoms with Gasteiger partial charge in [-0.1, -0.05) is 37.3 Å². The zero-order chi connectivity index (χ0) is 17.3. The number of rotatable bonds is 4. The number of nitrogens with zero attached hydrogens (tertiary/aromatic N) is 1. The largest absolute Gasteiger partial charge is 0.459 e. The Morgan fingerprint density at radius 3 is 2.54 bits per heavy atom. The number of furan rings is 1. The number of hydrogen-bond acceptors (Lipinski definition) is 4. The average molecular weight is 327 g/mol. The molecule has 7 heteroatoms. The molecular formula is C17H17N3O4. The molecule has 1 aromatic heterocycles. The molecule has 0 radical (unpaired) electrons. The smallest absolute Gasteiger partial charge is 0.344 e. The molecule has 1 aliphatic rings. The lowest BCUT2D eigenvalue weighted by molar-refractivity contribution is -0.133. The average Bonchev–Trinajstić information content (AvgIpc) is 3.12. The number of urea groups is 1. The highest BCUT2D eigenvalue weighted by molar-refractivity contribution is 6.09. The Hall–Kier alpha value is -3.09. The summed E-state index contributed by atoms with van der Waals surface area (Å²) in [5, 5.41) is 3.40. The van der Waals surface area contributed by atoms with Crippen molar-refractivity contribution in [2.75, 3.05) is 0 Å². The molecule has 2 N–H and O–H groups in total. The Labute approximate surface area is 138 Å². The van der Waals surface area contributed by atoms with Crippen LogP contribution in [0.1, 0.15) is 35.0 Å². The number of benzene rings is 1. The van der Waals surface area contributed by atoms with E-state index < -0.39 is 23.4 Å². The number of carbonyl (C=O) groups excluding carboxylic acids is 3. The van der Waals surface area contributed by atoms with Crippen LogP contribution in [0.5, 0.6) is 0 Å². The van der Waals surface area contributed by atoms with E-state index in [1.165, 1.54) is 6.26 Å². The van der Waals surface area contributed by atoms with Crippen molar-refractivity contribution in [2.24, 2.45) is 0 Å². The van der Waals surface area contributed by atoms with Gasteiger partial charge in [-0.25, -0.2) is 10.2 Å². The minimum Gasteiger partial charge on any atom is -0.459 e. The van der Waals surface area contributed by atoms with Gasteiger partial charge >= 0.3 is 11.9 Å². The quantitative estimate of drug-likeness (QED) is 0.841. The van der Waals surface area contributed by atoms with Gasteiger partial charge < -0.3 is 9.73 Å². The highest BCUT2D eigenvalue weighted by Crippen LogP contribution is 2.31.